The number of hydrogen-bond acceptors (Lipinski definition) is 3. The topological polar surface area (TPSA) is 55.1 Å². The maximum absolute atomic E-state index is 10.6. The predicted molar refractivity (Wildman–Crippen MR) is 74.0 cm³/mol. The van der Waals surface area contributed by atoms with E-state index in [9.17, 15) is 4.79 Å². The summed E-state index contributed by atoms with van der Waals surface area (Å²) in [5.41, 5.74) is 1.37. The number of aromatic nitrogens is 2. The van der Waals surface area contributed by atoms with E-state index in [4.69, 9.17) is 5.11 Å². The summed E-state index contributed by atoms with van der Waals surface area (Å²) in [6.07, 6.45) is 3.85. The van der Waals surface area contributed by atoms with Gasteiger partial charge in [0.25, 0.3) is 0 Å². The third-order valence-corrected chi connectivity index (χ3v) is 4.11. The largest absolute Gasteiger partial charge is 0.481 e. The minimum atomic E-state index is -0.803. The second-order valence-electron chi connectivity index (χ2n) is 5.17. The van der Waals surface area contributed by atoms with E-state index >= 15 is 0 Å². The molecule has 0 unspecified atom stereocenters. The Kier molecular flexibility index (Phi) is 5.26. The molecule has 0 aromatic carbocycles. The van der Waals surface area contributed by atoms with Crippen LogP contribution >= 0.6 is 11.8 Å². The van der Waals surface area contributed by atoms with Crippen molar-refractivity contribution < 1.29 is 9.90 Å². The molecule has 18 heavy (non-hydrogen) atoms. The molecule has 0 fully saturated rings. The van der Waals surface area contributed by atoms with E-state index in [0.29, 0.717) is 0 Å². The van der Waals surface area contributed by atoms with Crippen LogP contribution in [0.25, 0.3) is 0 Å². The van der Waals surface area contributed by atoms with Crippen LogP contribution in [0.3, 0.4) is 0 Å². The molecule has 0 bridgehead atoms. The molecule has 0 saturated carbocycles. The van der Waals surface area contributed by atoms with Crippen molar-refractivity contribution in [3.05, 3.63) is 11.9 Å². The van der Waals surface area contributed by atoms with Gasteiger partial charge in [0.2, 0.25) is 0 Å². The van der Waals surface area contributed by atoms with Gasteiger partial charge in [0.05, 0.1) is 5.75 Å². The Hall–Kier alpha value is -0.970. The average molecular weight is 270 g/mol. The molecule has 1 heterocycles. The first-order valence-corrected chi connectivity index (χ1v) is 7.27. The van der Waals surface area contributed by atoms with Crippen molar-refractivity contribution in [2.45, 2.75) is 52.2 Å². The van der Waals surface area contributed by atoms with Crippen LogP contribution in [-0.2, 0) is 17.8 Å². The smallest absolute Gasteiger partial charge is 0.313 e. The first-order chi connectivity index (χ1) is 8.39. The number of hydrogen-bond donors (Lipinski definition) is 1. The Morgan fingerprint density at radius 2 is 2.17 bits per heavy atom. The molecule has 102 valence electrons. The van der Waals surface area contributed by atoms with Crippen LogP contribution in [0.15, 0.2) is 11.4 Å². The van der Waals surface area contributed by atoms with E-state index in [1.54, 1.807) is 0 Å². The van der Waals surface area contributed by atoms with E-state index in [1.165, 1.54) is 17.5 Å². The normalized spacial score (nSPS) is 11.8. The molecule has 0 aliphatic rings. The summed E-state index contributed by atoms with van der Waals surface area (Å²) in [4.78, 5) is 15.0. The van der Waals surface area contributed by atoms with Crippen molar-refractivity contribution in [3.63, 3.8) is 0 Å². The number of imidazole rings is 1. The lowest BCUT2D eigenvalue weighted by atomic mass is 9.90. The van der Waals surface area contributed by atoms with Crippen molar-refractivity contribution >= 4 is 17.7 Å². The van der Waals surface area contributed by atoms with Gasteiger partial charge in [-0.2, -0.15) is 0 Å². The molecule has 1 aromatic heterocycles. The summed E-state index contributed by atoms with van der Waals surface area (Å²) in [5, 5.41) is 9.57. The minimum Gasteiger partial charge on any atom is -0.481 e. The fourth-order valence-electron chi connectivity index (χ4n) is 1.62. The lowest BCUT2D eigenvalue weighted by Crippen LogP contribution is -2.20. The van der Waals surface area contributed by atoms with E-state index in [2.05, 4.69) is 37.2 Å². The summed E-state index contributed by atoms with van der Waals surface area (Å²) in [6, 6.07) is 0. The van der Waals surface area contributed by atoms with Crippen LogP contribution in [0.2, 0.25) is 0 Å². The molecule has 1 rings (SSSR count). The second-order valence-corrected chi connectivity index (χ2v) is 6.11. The number of rotatable bonds is 7. The summed E-state index contributed by atoms with van der Waals surface area (Å²) in [6.45, 7) is 9.59. The van der Waals surface area contributed by atoms with Gasteiger partial charge in [-0.1, -0.05) is 39.5 Å². The van der Waals surface area contributed by atoms with E-state index in [1.807, 2.05) is 6.20 Å². The highest BCUT2D eigenvalue weighted by molar-refractivity contribution is 7.99. The van der Waals surface area contributed by atoms with Gasteiger partial charge in [-0.25, -0.2) is 4.98 Å². The fourth-order valence-corrected chi connectivity index (χ4v) is 2.34. The van der Waals surface area contributed by atoms with Crippen molar-refractivity contribution in [2.75, 3.05) is 5.75 Å². The maximum Gasteiger partial charge on any atom is 0.313 e. The zero-order valence-electron chi connectivity index (χ0n) is 11.6. The van der Waals surface area contributed by atoms with Gasteiger partial charge in [-0.3, -0.25) is 4.79 Å². The predicted octanol–water partition coefficient (Wildman–Crippen LogP) is 3.06. The molecule has 0 aliphatic heterocycles. The van der Waals surface area contributed by atoms with Crippen LogP contribution in [0.5, 0.6) is 0 Å². The zero-order chi connectivity index (χ0) is 13.8. The molecule has 0 saturated heterocycles. The summed E-state index contributed by atoms with van der Waals surface area (Å²) in [5.74, 6) is -0.741. The van der Waals surface area contributed by atoms with Crippen molar-refractivity contribution in [2.24, 2.45) is 5.41 Å². The van der Waals surface area contributed by atoms with Gasteiger partial charge < -0.3 is 9.67 Å². The Morgan fingerprint density at radius 1 is 1.50 bits per heavy atom. The van der Waals surface area contributed by atoms with Crippen LogP contribution in [0.1, 0.15) is 39.8 Å². The van der Waals surface area contributed by atoms with Crippen molar-refractivity contribution in [3.8, 4) is 0 Å². The van der Waals surface area contributed by atoms with E-state index < -0.39 is 5.97 Å². The third-order valence-electron chi connectivity index (χ3n) is 3.13. The highest BCUT2D eigenvalue weighted by Gasteiger charge is 2.20. The molecule has 1 N–H and O–H groups in total. The molecule has 5 heteroatoms. The number of thioether (sulfide) groups is 1. The molecule has 0 aliphatic carbocycles. The standard InChI is InChI=1S/C13H22N2O2S/c1-5-10-7-14-12(18-8-11(16)17)15(10)9-13(3,4)6-2/h7H,5-6,8-9H2,1-4H3,(H,16,17). The number of nitrogens with zero attached hydrogens (tertiary/aromatic N) is 2. The second kappa shape index (κ2) is 6.27. The van der Waals surface area contributed by atoms with Crippen LogP contribution in [0, 0.1) is 5.41 Å². The summed E-state index contributed by atoms with van der Waals surface area (Å²) < 4.78 is 2.16. The third kappa shape index (κ3) is 4.05. The zero-order valence-corrected chi connectivity index (χ0v) is 12.4. The lowest BCUT2D eigenvalue weighted by Gasteiger charge is -2.25. The minimum absolute atomic E-state index is 0.0622. The lowest BCUT2D eigenvalue weighted by molar-refractivity contribution is -0.133. The van der Waals surface area contributed by atoms with Gasteiger partial charge in [0.1, 0.15) is 0 Å². The quantitative estimate of drug-likeness (QED) is 0.774. The first kappa shape index (κ1) is 15.1. The Morgan fingerprint density at radius 3 is 2.67 bits per heavy atom. The SMILES string of the molecule is CCc1cnc(SCC(=O)O)n1CC(C)(C)CC. The highest BCUT2D eigenvalue weighted by atomic mass is 32.2. The number of aliphatic carboxylic acids is 1. The van der Waals surface area contributed by atoms with Crippen LogP contribution in [0.4, 0.5) is 0 Å². The Labute approximate surface area is 113 Å². The number of carbonyl (C=O) groups is 1. The molecule has 0 radical (unpaired) electrons. The molecule has 0 atom stereocenters. The van der Waals surface area contributed by atoms with Crippen molar-refractivity contribution in [1.82, 2.24) is 9.55 Å². The summed E-state index contributed by atoms with van der Waals surface area (Å²) in [7, 11) is 0. The molecule has 4 nitrogen and oxygen atoms in total. The van der Waals surface area contributed by atoms with E-state index in [0.717, 1.165) is 24.5 Å². The molecule has 1 aromatic rings. The van der Waals surface area contributed by atoms with Gasteiger partial charge in [0, 0.05) is 18.4 Å². The monoisotopic (exact) mass is 270 g/mol. The average Bonchev–Trinajstić information content (AvgIpc) is 2.68. The maximum atomic E-state index is 10.6. The van der Waals surface area contributed by atoms with E-state index in [-0.39, 0.29) is 11.2 Å². The molecular formula is C13H22N2O2S. The molecule has 0 spiro atoms. The van der Waals surface area contributed by atoms with Crippen LogP contribution in [-0.4, -0.2) is 26.4 Å². The van der Waals surface area contributed by atoms with Gasteiger partial charge in [-0.15, -0.1) is 0 Å². The first-order valence-electron chi connectivity index (χ1n) is 6.28. The van der Waals surface area contributed by atoms with Gasteiger partial charge in [0.15, 0.2) is 5.16 Å². The number of carboxylic acids is 1. The Bertz CT molecular complexity index is 413. The highest BCUT2D eigenvalue weighted by Crippen LogP contribution is 2.27. The number of carboxylic acid groups (broad SMARTS) is 1. The van der Waals surface area contributed by atoms with Gasteiger partial charge >= 0.3 is 5.97 Å². The van der Waals surface area contributed by atoms with Crippen LogP contribution < -0.4 is 0 Å². The summed E-state index contributed by atoms with van der Waals surface area (Å²) >= 11 is 1.29. The van der Waals surface area contributed by atoms with Gasteiger partial charge in [-0.05, 0) is 18.3 Å². The Balaban J connectivity index is 2.91. The van der Waals surface area contributed by atoms with Crippen molar-refractivity contribution in [1.29, 1.82) is 0 Å². The fraction of sp³-hybridized carbons (Fsp3) is 0.692. The molecule has 0 amide bonds. The molecular weight excluding hydrogens is 248 g/mol. The number of aryl methyl sites for hydroxylation is 1.